The largest absolute Gasteiger partial charge is 0.326 e. The Morgan fingerprint density at radius 2 is 1.86 bits per heavy atom. The second-order valence-electron chi connectivity index (χ2n) is 7.27. The zero-order chi connectivity index (χ0) is 15.8. The standard InChI is InChI=1S/C18H28N2O/c1-7-19-12(2)13-9-8-10-14(11-13)20-16(21)15-17(3,4)18(15,5)6/h8-12,15,19H,7H2,1-6H3,(H,20,21). The van der Waals surface area contributed by atoms with Crippen LogP contribution in [0.5, 0.6) is 0 Å². The predicted molar refractivity (Wildman–Crippen MR) is 88.2 cm³/mol. The van der Waals surface area contributed by atoms with E-state index < -0.39 is 0 Å². The fourth-order valence-electron chi connectivity index (χ4n) is 3.38. The van der Waals surface area contributed by atoms with Crippen LogP contribution in [0.4, 0.5) is 5.69 Å². The quantitative estimate of drug-likeness (QED) is 0.860. The summed E-state index contributed by atoms with van der Waals surface area (Å²) in [5, 5.41) is 6.48. The summed E-state index contributed by atoms with van der Waals surface area (Å²) in [6.07, 6.45) is 0. The number of carbonyl (C=O) groups excluding carboxylic acids is 1. The van der Waals surface area contributed by atoms with Gasteiger partial charge in [-0.05, 0) is 42.0 Å². The number of amides is 1. The van der Waals surface area contributed by atoms with Gasteiger partial charge in [0, 0.05) is 17.6 Å². The lowest BCUT2D eigenvalue weighted by Crippen LogP contribution is -2.19. The molecule has 0 bridgehead atoms. The van der Waals surface area contributed by atoms with Gasteiger partial charge in [0.15, 0.2) is 0 Å². The molecule has 1 aliphatic carbocycles. The molecule has 116 valence electrons. The van der Waals surface area contributed by atoms with Gasteiger partial charge in [0.05, 0.1) is 0 Å². The molecule has 1 aromatic carbocycles. The van der Waals surface area contributed by atoms with Crippen LogP contribution in [0.15, 0.2) is 24.3 Å². The molecule has 3 heteroatoms. The van der Waals surface area contributed by atoms with Crippen LogP contribution in [0.2, 0.25) is 0 Å². The Morgan fingerprint density at radius 3 is 2.38 bits per heavy atom. The minimum absolute atomic E-state index is 0.0752. The van der Waals surface area contributed by atoms with Crippen molar-refractivity contribution in [2.24, 2.45) is 16.7 Å². The van der Waals surface area contributed by atoms with E-state index in [1.54, 1.807) is 0 Å². The van der Waals surface area contributed by atoms with Crippen LogP contribution >= 0.6 is 0 Å². The maximum atomic E-state index is 12.5. The van der Waals surface area contributed by atoms with Gasteiger partial charge in [-0.25, -0.2) is 0 Å². The summed E-state index contributed by atoms with van der Waals surface area (Å²) in [7, 11) is 0. The molecule has 1 fully saturated rings. The van der Waals surface area contributed by atoms with Crippen LogP contribution in [0.3, 0.4) is 0 Å². The van der Waals surface area contributed by atoms with Gasteiger partial charge in [-0.15, -0.1) is 0 Å². The van der Waals surface area contributed by atoms with Crippen molar-refractivity contribution < 1.29 is 4.79 Å². The number of nitrogens with one attached hydrogen (secondary N) is 2. The van der Waals surface area contributed by atoms with Gasteiger partial charge in [0.25, 0.3) is 0 Å². The molecule has 0 aromatic heterocycles. The first-order valence-corrected chi connectivity index (χ1v) is 7.86. The highest BCUT2D eigenvalue weighted by atomic mass is 16.2. The van der Waals surface area contributed by atoms with Crippen LogP contribution in [0.1, 0.15) is 53.1 Å². The van der Waals surface area contributed by atoms with E-state index in [-0.39, 0.29) is 22.7 Å². The van der Waals surface area contributed by atoms with Gasteiger partial charge in [0.2, 0.25) is 5.91 Å². The van der Waals surface area contributed by atoms with E-state index in [1.165, 1.54) is 5.56 Å². The Morgan fingerprint density at radius 1 is 1.24 bits per heavy atom. The van der Waals surface area contributed by atoms with Crippen molar-refractivity contribution >= 4 is 11.6 Å². The number of rotatable bonds is 5. The molecule has 0 aliphatic heterocycles. The minimum atomic E-state index is 0.0752. The molecule has 3 nitrogen and oxygen atoms in total. The number of hydrogen-bond donors (Lipinski definition) is 2. The van der Waals surface area contributed by atoms with Crippen LogP contribution < -0.4 is 10.6 Å². The zero-order valence-electron chi connectivity index (χ0n) is 14.1. The SMILES string of the molecule is CCNC(C)c1cccc(NC(=O)C2C(C)(C)C2(C)C)c1. The van der Waals surface area contributed by atoms with Crippen molar-refractivity contribution in [1.82, 2.24) is 5.32 Å². The molecule has 1 aromatic rings. The number of carbonyl (C=O) groups is 1. The van der Waals surface area contributed by atoms with Gasteiger partial charge >= 0.3 is 0 Å². The van der Waals surface area contributed by atoms with Gasteiger partial charge in [-0.1, -0.05) is 46.8 Å². The summed E-state index contributed by atoms with van der Waals surface area (Å²) in [6, 6.07) is 8.41. The molecule has 1 amide bonds. The second kappa shape index (κ2) is 5.45. The van der Waals surface area contributed by atoms with Gasteiger partial charge < -0.3 is 10.6 Å². The van der Waals surface area contributed by atoms with E-state index in [0.717, 1.165) is 12.2 Å². The average Bonchev–Trinajstić information content (AvgIpc) is 2.80. The van der Waals surface area contributed by atoms with Gasteiger partial charge in [-0.3, -0.25) is 4.79 Å². The van der Waals surface area contributed by atoms with Crippen LogP contribution in [0, 0.1) is 16.7 Å². The number of anilines is 1. The van der Waals surface area contributed by atoms with E-state index in [0.29, 0.717) is 6.04 Å². The zero-order valence-corrected chi connectivity index (χ0v) is 14.1. The fourth-order valence-corrected chi connectivity index (χ4v) is 3.38. The molecule has 1 saturated carbocycles. The first-order chi connectivity index (χ1) is 9.71. The number of hydrogen-bond acceptors (Lipinski definition) is 2. The highest BCUT2D eigenvalue weighted by Gasteiger charge is 2.68. The first-order valence-electron chi connectivity index (χ1n) is 7.86. The maximum absolute atomic E-state index is 12.5. The molecule has 2 rings (SSSR count). The monoisotopic (exact) mass is 288 g/mol. The lowest BCUT2D eigenvalue weighted by molar-refractivity contribution is -0.118. The van der Waals surface area contributed by atoms with Crippen LogP contribution in [0.25, 0.3) is 0 Å². The van der Waals surface area contributed by atoms with E-state index in [4.69, 9.17) is 0 Å². The first kappa shape index (κ1) is 16.0. The van der Waals surface area contributed by atoms with E-state index in [9.17, 15) is 4.79 Å². The Labute approximate surface area is 128 Å². The molecular formula is C18H28N2O. The Kier molecular flexibility index (Phi) is 4.16. The molecule has 2 N–H and O–H groups in total. The van der Waals surface area contributed by atoms with E-state index in [1.807, 2.05) is 12.1 Å². The van der Waals surface area contributed by atoms with Gasteiger partial charge in [-0.2, -0.15) is 0 Å². The lowest BCUT2D eigenvalue weighted by Gasteiger charge is -2.14. The molecule has 0 heterocycles. The highest BCUT2D eigenvalue weighted by Crippen LogP contribution is 2.68. The summed E-state index contributed by atoms with van der Waals surface area (Å²) in [5.41, 5.74) is 2.24. The summed E-state index contributed by atoms with van der Waals surface area (Å²) >= 11 is 0. The van der Waals surface area contributed by atoms with Crippen LogP contribution in [-0.2, 0) is 4.79 Å². The Bertz CT molecular complexity index is 520. The minimum Gasteiger partial charge on any atom is -0.326 e. The normalized spacial score (nSPS) is 20.9. The van der Waals surface area contributed by atoms with Crippen LogP contribution in [-0.4, -0.2) is 12.5 Å². The third-order valence-electron chi connectivity index (χ3n) is 5.45. The summed E-state index contributed by atoms with van der Waals surface area (Å²) < 4.78 is 0. The molecular weight excluding hydrogens is 260 g/mol. The molecule has 21 heavy (non-hydrogen) atoms. The summed E-state index contributed by atoms with van der Waals surface area (Å²) in [4.78, 5) is 12.5. The topological polar surface area (TPSA) is 41.1 Å². The maximum Gasteiger partial charge on any atom is 0.228 e. The summed E-state index contributed by atoms with van der Waals surface area (Å²) in [6.45, 7) is 13.8. The van der Waals surface area contributed by atoms with Crippen molar-refractivity contribution in [2.75, 3.05) is 11.9 Å². The van der Waals surface area contributed by atoms with Gasteiger partial charge in [0.1, 0.15) is 0 Å². The fraction of sp³-hybridized carbons (Fsp3) is 0.611. The van der Waals surface area contributed by atoms with Crippen molar-refractivity contribution in [3.63, 3.8) is 0 Å². The molecule has 1 unspecified atom stereocenters. The van der Waals surface area contributed by atoms with Crippen molar-refractivity contribution in [2.45, 2.75) is 47.6 Å². The summed E-state index contributed by atoms with van der Waals surface area (Å²) in [5.74, 6) is 0.220. The predicted octanol–water partition coefficient (Wildman–Crippen LogP) is 3.98. The average molecular weight is 288 g/mol. The van der Waals surface area contributed by atoms with Crippen molar-refractivity contribution in [1.29, 1.82) is 0 Å². The molecule has 0 radical (unpaired) electrons. The second-order valence-corrected chi connectivity index (χ2v) is 7.27. The van der Waals surface area contributed by atoms with Crippen molar-refractivity contribution in [3.8, 4) is 0 Å². The van der Waals surface area contributed by atoms with E-state index >= 15 is 0 Å². The third kappa shape index (κ3) is 2.84. The highest BCUT2D eigenvalue weighted by molar-refractivity contribution is 5.96. The van der Waals surface area contributed by atoms with E-state index in [2.05, 4.69) is 64.3 Å². The molecule has 0 saturated heterocycles. The molecule has 1 atom stereocenters. The Hall–Kier alpha value is -1.35. The molecule has 1 aliphatic rings. The molecule has 0 spiro atoms. The third-order valence-corrected chi connectivity index (χ3v) is 5.45. The lowest BCUT2D eigenvalue weighted by atomic mass is 10.0. The smallest absolute Gasteiger partial charge is 0.228 e. The Balaban J connectivity index is 2.08. The van der Waals surface area contributed by atoms with Crippen molar-refractivity contribution in [3.05, 3.63) is 29.8 Å². The number of benzene rings is 1.